The Morgan fingerprint density at radius 3 is 2.50 bits per heavy atom. The summed E-state index contributed by atoms with van der Waals surface area (Å²) in [5.74, 6) is 1.28. The Labute approximate surface area is 122 Å². The number of aromatic nitrogens is 2. The molecule has 0 atom stereocenters. The number of hydrogen-bond donors (Lipinski definition) is 1. The Bertz CT molecular complexity index is 438. The van der Waals surface area contributed by atoms with Crippen LogP contribution in [0.25, 0.3) is 0 Å². The highest BCUT2D eigenvalue weighted by Crippen LogP contribution is 2.09. The van der Waals surface area contributed by atoms with Crippen molar-refractivity contribution < 1.29 is 0 Å². The van der Waals surface area contributed by atoms with E-state index < -0.39 is 0 Å². The van der Waals surface area contributed by atoms with Crippen molar-refractivity contribution in [1.29, 1.82) is 0 Å². The molecule has 0 aromatic carbocycles. The third-order valence-electron chi connectivity index (χ3n) is 3.43. The molecule has 0 bridgehead atoms. The van der Waals surface area contributed by atoms with E-state index in [1.165, 1.54) is 25.7 Å². The molecule has 0 saturated heterocycles. The minimum Gasteiger partial charge on any atom is -0.365 e. The smallest absolute Gasteiger partial charge is 0.293 e. The predicted molar refractivity (Wildman–Crippen MR) is 85.3 cm³/mol. The number of nitrogens with one attached hydrogen (secondary N) is 1. The quantitative estimate of drug-likeness (QED) is 0.699. The third kappa shape index (κ3) is 5.76. The van der Waals surface area contributed by atoms with E-state index in [0.29, 0.717) is 5.82 Å². The molecule has 1 rings (SSSR count). The number of rotatable bonds is 9. The molecule has 1 aromatic rings. The van der Waals surface area contributed by atoms with Gasteiger partial charge in [0.25, 0.3) is 5.56 Å². The molecule has 0 saturated carbocycles. The largest absolute Gasteiger partial charge is 0.365 e. The van der Waals surface area contributed by atoms with E-state index in [9.17, 15) is 4.79 Å². The summed E-state index contributed by atoms with van der Waals surface area (Å²) in [6.07, 6.45) is 9.63. The number of hydrogen-bond acceptors (Lipinski definition) is 3. The molecule has 0 aliphatic rings. The first-order valence-electron chi connectivity index (χ1n) is 7.83. The lowest BCUT2D eigenvalue weighted by molar-refractivity contribution is 0.522. The lowest BCUT2D eigenvalue weighted by atomic mass is 10.0. The van der Waals surface area contributed by atoms with Gasteiger partial charge in [-0.25, -0.2) is 4.98 Å². The third-order valence-corrected chi connectivity index (χ3v) is 3.43. The standard InChI is InChI=1S/C16H29N3O/c1-13(2)9-7-5-6-8-10-17-15-16(20)19(14(3)4)12-11-18-15/h11-14H,5-10H2,1-4H3,(H,17,18). The van der Waals surface area contributed by atoms with Crippen molar-refractivity contribution in [2.45, 2.75) is 65.8 Å². The summed E-state index contributed by atoms with van der Waals surface area (Å²) < 4.78 is 1.71. The molecule has 0 unspecified atom stereocenters. The van der Waals surface area contributed by atoms with E-state index in [0.717, 1.165) is 18.9 Å². The van der Waals surface area contributed by atoms with E-state index in [4.69, 9.17) is 0 Å². The summed E-state index contributed by atoms with van der Waals surface area (Å²) >= 11 is 0. The Balaban J connectivity index is 2.29. The molecule has 0 aliphatic carbocycles. The van der Waals surface area contributed by atoms with Crippen LogP contribution in [0.1, 0.15) is 65.8 Å². The van der Waals surface area contributed by atoms with Crippen molar-refractivity contribution in [3.63, 3.8) is 0 Å². The number of unbranched alkanes of at least 4 members (excludes halogenated alkanes) is 3. The fourth-order valence-corrected chi connectivity index (χ4v) is 2.19. The minimum absolute atomic E-state index is 0.0256. The van der Waals surface area contributed by atoms with E-state index in [1.54, 1.807) is 17.0 Å². The highest BCUT2D eigenvalue weighted by Gasteiger charge is 2.06. The summed E-state index contributed by atoms with van der Waals surface area (Å²) in [4.78, 5) is 16.2. The van der Waals surface area contributed by atoms with Gasteiger partial charge in [0.15, 0.2) is 5.82 Å². The zero-order valence-electron chi connectivity index (χ0n) is 13.4. The van der Waals surface area contributed by atoms with Crippen molar-refractivity contribution in [3.05, 3.63) is 22.7 Å². The molecule has 0 amide bonds. The molecule has 0 aliphatic heterocycles. The summed E-state index contributed by atoms with van der Waals surface area (Å²) in [5.41, 5.74) is -0.0256. The maximum Gasteiger partial charge on any atom is 0.293 e. The summed E-state index contributed by atoms with van der Waals surface area (Å²) in [6, 6.07) is 0.169. The second-order valence-electron chi connectivity index (χ2n) is 6.11. The fraction of sp³-hybridized carbons (Fsp3) is 0.750. The van der Waals surface area contributed by atoms with Crippen molar-refractivity contribution in [2.24, 2.45) is 5.92 Å². The molecule has 1 heterocycles. The van der Waals surface area contributed by atoms with Crippen LogP contribution in [0.15, 0.2) is 17.2 Å². The maximum absolute atomic E-state index is 12.1. The van der Waals surface area contributed by atoms with Crippen LogP contribution < -0.4 is 10.9 Å². The Morgan fingerprint density at radius 2 is 1.85 bits per heavy atom. The topological polar surface area (TPSA) is 46.9 Å². The highest BCUT2D eigenvalue weighted by molar-refractivity contribution is 5.30. The first-order valence-corrected chi connectivity index (χ1v) is 7.83. The van der Waals surface area contributed by atoms with Crippen molar-refractivity contribution >= 4 is 5.82 Å². The van der Waals surface area contributed by atoms with Crippen LogP contribution in [0.4, 0.5) is 5.82 Å². The van der Waals surface area contributed by atoms with E-state index in [2.05, 4.69) is 24.1 Å². The summed E-state index contributed by atoms with van der Waals surface area (Å²) in [5, 5.41) is 3.16. The molecule has 0 fully saturated rings. The SMILES string of the molecule is CC(C)CCCCCCNc1nccn(C(C)C)c1=O. The molecular formula is C16H29N3O. The average Bonchev–Trinajstić information content (AvgIpc) is 2.38. The van der Waals surface area contributed by atoms with Gasteiger partial charge in [-0.05, 0) is 26.2 Å². The van der Waals surface area contributed by atoms with Gasteiger partial charge < -0.3 is 9.88 Å². The molecule has 0 spiro atoms. The Hall–Kier alpha value is -1.32. The van der Waals surface area contributed by atoms with Gasteiger partial charge in [0.05, 0.1) is 0 Å². The second kappa shape index (κ2) is 8.77. The first kappa shape index (κ1) is 16.7. The van der Waals surface area contributed by atoms with Crippen molar-refractivity contribution in [2.75, 3.05) is 11.9 Å². The molecule has 1 N–H and O–H groups in total. The van der Waals surface area contributed by atoms with Gasteiger partial charge >= 0.3 is 0 Å². The van der Waals surface area contributed by atoms with Gasteiger partial charge in [0.1, 0.15) is 0 Å². The Kier molecular flexibility index (Phi) is 7.34. The average molecular weight is 279 g/mol. The highest BCUT2D eigenvalue weighted by atomic mass is 16.1. The monoisotopic (exact) mass is 279 g/mol. The lowest BCUT2D eigenvalue weighted by Crippen LogP contribution is -2.25. The van der Waals surface area contributed by atoms with E-state index >= 15 is 0 Å². The summed E-state index contributed by atoms with van der Waals surface area (Å²) in [7, 11) is 0. The molecular weight excluding hydrogens is 250 g/mol. The maximum atomic E-state index is 12.1. The van der Waals surface area contributed by atoms with E-state index in [1.807, 2.05) is 13.8 Å². The van der Waals surface area contributed by atoms with Crippen molar-refractivity contribution in [3.8, 4) is 0 Å². The fourth-order valence-electron chi connectivity index (χ4n) is 2.19. The van der Waals surface area contributed by atoms with Crippen LogP contribution in [0.3, 0.4) is 0 Å². The first-order chi connectivity index (χ1) is 9.52. The minimum atomic E-state index is -0.0256. The Morgan fingerprint density at radius 1 is 1.15 bits per heavy atom. The molecule has 1 aromatic heterocycles. The van der Waals surface area contributed by atoms with Crippen LogP contribution in [-0.2, 0) is 0 Å². The molecule has 114 valence electrons. The van der Waals surface area contributed by atoms with Gasteiger partial charge in [-0.1, -0.05) is 39.5 Å². The van der Waals surface area contributed by atoms with Crippen LogP contribution >= 0.6 is 0 Å². The van der Waals surface area contributed by atoms with Gasteiger partial charge in [-0.2, -0.15) is 0 Å². The van der Waals surface area contributed by atoms with Gasteiger partial charge in [-0.15, -0.1) is 0 Å². The van der Waals surface area contributed by atoms with Crippen LogP contribution in [0.5, 0.6) is 0 Å². The van der Waals surface area contributed by atoms with E-state index in [-0.39, 0.29) is 11.6 Å². The predicted octanol–water partition coefficient (Wildman–Crippen LogP) is 3.84. The molecule has 4 nitrogen and oxygen atoms in total. The molecule has 4 heteroatoms. The van der Waals surface area contributed by atoms with Crippen LogP contribution in [0, 0.1) is 5.92 Å². The van der Waals surface area contributed by atoms with Crippen LogP contribution in [0.2, 0.25) is 0 Å². The van der Waals surface area contributed by atoms with Crippen LogP contribution in [-0.4, -0.2) is 16.1 Å². The second-order valence-corrected chi connectivity index (χ2v) is 6.11. The number of nitrogens with zero attached hydrogens (tertiary/aromatic N) is 2. The van der Waals surface area contributed by atoms with Gasteiger partial charge in [0.2, 0.25) is 0 Å². The zero-order valence-corrected chi connectivity index (χ0v) is 13.4. The van der Waals surface area contributed by atoms with Crippen molar-refractivity contribution in [1.82, 2.24) is 9.55 Å². The molecule has 20 heavy (non-hydrogen) atoms. The van der Waals surface area contributed by atoms with Gasteiger partial charge in [0, 0.05) is 25.0 Å². The lowest BCUT2D eigenvalue weighted by Gasteiger charge is -2.11. The number of anilines is 1. The zero-order chi connectivity index (χ0) is 15.0. The van der Waals surface area contributed by atoms with Gasteiger partial charge in [-0.3, -0.25) is 4.79 Å². The normalized spacial score (nSPS) is 11.3. The summed E-state index contributed by atoms with van der Waals surface area (Å²) in [6.45, 7) is 9.36. The molecule has 0 radical (unpaired) electrons.